The van der Waals surface area contributed by atoms with E-state index in [-0.39, 0.29) is 0 Å². The summed E-state index contributed by atoms with van der Waals surface area (Å²) in [7, 11) is 0. The van der Waals surface area contributed by atoms with Gasteiger partial charge in [0, 0.05) is 21.9 Å². The molecule has 6 rings (SSSR count). The molecule has 4 aromatic carbocycles. The van der Waals surface area contributed by atoms with E-state index < -0.39 is 0 Å². The molecule has 0 fully saturated rings. The SMILES string of the molecule is c1ccc(-c2ccc3[nH]c4c(ccc5nc(-c6ccccc6)sc54)c3c2)cc1. The molecule has 0 aliphatic heterocycles. The Morgan fingerprint density at radius 3 is 2.18 bits per heavy atom. The van der Waals surface area contributed by atoms with Crippen LogP contribution in [0.3, 0.4) is 0 Å². The van der Waals surface area contributed by atoms with Crippen LogP contribution in [-0.2, 0) is 0 Å². The number of benzene rings is 4. The second-order valence-electron chi connectivity index (χ2n) is 6.97. The van der Waals surface area contributed by atoms with E-state index in [0.29, 0.717) is 0 Å². The number of nitrogens with one attached hydrogen (secondary N) is 1. The molecule has 3 heteroatoms. The van der Waals surface area contributed by atoms with Crippen molar-refractivity contribution in [1.82, 2.24) is 9.97 Å². The van der Waals surface area contributed by atoms with Gasteiger partial charge in [0.1, 0.15) is 5.01 Å². The van der Waals surface area contributed by atoms with Crippen LogP contribution in [0.4, 0.5) is 0 Å². The van der Waals surface area contributed by atoms with Crippen LogP contribution in [0, 0.1) is 0 Å². The molecule has 0 saturated carbocycles. The smallest absolute Gasteiger partial charge is 0.124 e. The molecule has 132 valence electrons. The Morgan fingerprint density at radius 2 is 1.39 bits per heavy atom. The summed E-state index contributed by atoms with van der Waals surface area (Å²) in [6.07, 6.45) is 0. The Kier molecular flexibility index (Phi) is 3.37. The molecule has 0 unspecified atom stereocenters. The van der Waals surface area contributed by atoms with Gasteiger partial charge in [-0.1, -0.05) is 66.7 Å². The van der Waals surface area contributed by atoms with Crippen molar-refractivity contribution in [3.05, 3.63) is 91.0 Å². The van der Waals surface area contributed by atoms with Gasteiger partial charge in [0.15, 0.2) is 0 Å². The summed E-state index contributed by atoms with van der Waals surface area (Å²) in [4.78, 5) is 8.50. The fraction of sp³-hybridized carbons (Fsp3) is 0. The van der Waals surface area contributed by atoms with E-state index >= 15 is 0 Å². The minimum atomic E-state index is 1.05. The number of fused-ring (bicyclic) bond motifs is 5. The van der Waals surface area contributed by atoms with E-state index in [2.05, 4.69) is 89.9 Å². The van der Waals surface area contributed by atoms with Crippen LogP contribution in [0.5, 0.6) is 0 Å². The first-order valence-electron chi connectivity index (χ1n) is 9.33. The molecule has 0 radical (unpaired) electrons. The number of H-pyrrole nitrogens is 1. The zero-order valence-corrected chi connectivity index (χ0v) is 15.8. The topological polar surface area (TPSA) is 28.7 Å². The Morgan fingerprint density at radius 1 is 0.643 bits per heavy atom. The summed E-state index contributed by atoms with van der Waals surface area (Å²) < 4.78 is 1.22. The highest BCUT2D eigenvalue weighted by molar-refractivity contribution is 7.22. The number of aromatic nitrogens is 2. The summed E-state index contributed by atoms with van der Waals surface area (Å²) in [5.74, 6) is 0. The average molecular weight is 376 g/mol. The van der Waals surface area contributed by atoms with Crippen molar-refractivity contribution in [2.45, 2.75) is 0 Å². The number of hydrogen-bond acceptors (Lipinski definition) is 2. The number of hydrogen-bond donors (Lipinski definition) is 1. The molecule has 28 heavy (non-hydrogen) atoms. The van der Waals surface area contributed by atoms with Crippen LogP contribution in [0.1, 0.15) is 0 Å². The molecule has 0 aliphatic rings. The molecular weight excluding hydrogens is 360 g/mol. The number of nitrogens with zero attached hydrogens (tertiary/aromatic N) is 1. The lowest BCUT2D eigenvalue weighted by Crippen LogP contribution is -1.76. The van der Waals surface area contributed by atoms with Crippen LogP contribution >= 0.6 is 11.3 Å². The Hall–Kier alpha value is -3.43. The van der Waals surface area contributed by atoms with Gasteiger partial charge >= 0.3 is 0 Å². The van der Waals surface area contributed by atoms with Gasteiger partial charge in [-0.25, -0.2) is 4.98 Å². The summed E-state index contributed by atoms with van der Waals surface area (Å²) >= 11 is 1.75. The van der Waals surface area contributed by atoms with E-state index in [0.717, 1.165) is 16.0 Å². The van der Waals surface area contributed by atoms with Crippen molar-refractivity contribution in [3.8, 4) is 21.7 Å². The lowest BCUT2D eigenvalue weighted by molar-refractivity contribution is 1.48. The molecule has 0 spiro atoms. The minimum absolute atomic E-state index is 1.05. The van der Waals surface area contributed by atoms with Gasteiger partial charge in [-0.3, -0.25) is 0 Å². The third-order valence-corrected chi connectivity index (χ3v) is 6.39. The third kappa shape index (κ3) is 2.37. The van der Waals surface area contributed by atoms with Crippen LogP contribution in [0.2, 0.25) is 0 Å². The van der Waals surface area contributed by atoms with Crippen molar-refractivity contribution in [3.63, 3.8) is 0 Å². The predicted molar refractivity (Wildman–Crippen MR) is 120 cm³/mol. The minimum Gasteiger partial charge on any atom is -0.353 e. The molecule has 0 aliphatic carbocycles. The summed E-state index contributed by atoms with van der Waals surface area (Å²) in [6.45, 7) is 0. The fourth-order valence-electron chi connectivity index (χ4n) is 3.87. The van der Waals surface area contributed by atoms with Gasteiger partial charge in [0.25, 0.3) is 0 Å². The van der Waals surface area contributed by atoms with Gasteiger partial charge in [-0.2, -0.15) is 0 Å². The Balaban J connectivity index is 1.59. The molecule has 2 heterocycles. The van der Waals surface area contributed by atoms with E-state index in [1.54, 1.807) is 11.3 Å². The second-order valence-corrected chi connectivity index (χ2v) is 7.97. The van der Waals surface area contributed by atoms with Crippen molar-refractivity contribution < 1.29 is 0 Å². The van der Waals surface area contributed by atoms with Gasteiger partial charge in [0.2, 0.25) is 0 Å². The predicted octanol–water partition coefficient (Wildman–Crippen LogP) is 7.26. The Bertz CT molecular complexity index is 1410. The molecule has 0 amide bonds. The lowest BCUT2D eigenvalue weighted by atomic mass is 10.0. The molecular formula is C25H16N2S. The lowest BCUT2D eigenvalue weighted by Gasteiger charge is -2.01. The van der Waals surface area contributed by atoms with Crippen LogP contribution in [0.25, 0.3) is 53.7 Å². The maximum Gasteiger partial charge on any atom is 0.124 e. The third-order valence-electron chi connectivity index (χ3n) is 5.25. The van der Waals surface area contributed by atoms with Crippen molar-refractivity contribution in [2.75, 3.05) is 0 Å². The number of rotatable bonds is 2. The van der Waals surface area contributed by atoms with Gasteiger partial charge < -0.3 is 4.98 Å². The highest BCUT2D eigenvalue weighted by Gasteiger charge is 2.13. The molecule has 2 nitrogen and oxygen atoms in total. The second kappa shape index (κ2) is 6.04. The molecule has 0 saturated heterocycles. The quantitative estimate of drug-likeness (QED) is 0.338. The first kappa shape index (κ1) is 15.6. The molecule has 2 aromatic heterocycles. The number of thiazole rings is 1. The van der Waals surface area contributed by atoms with Gasteiger partial charge in [-0.15, -0.1) is 11.3 Å². The van der Waals surface area contributed by atoms with E-state index in [4.69, 9.17) is 4.98 Å². The van der Waals surface area contributed by atoms with Crippen molar-refractivity contribution in [1.29, 1.82) is 0 Å². The largest absolute Gasteiger partial charge is 0.353 e. The maximum absolute atomic E-state index is 4.87. The van der Waals surface area contributed by atoms with Gasteiger partial charge in [-0.05, 0) is 35.4 Å². The van der Waals surface area contributed by atoms with E-state index in [1.807, 2.05) is 6.07 Å². The molecule has 6 aromatic rings. The fourth-order valence-corrected chi connectivity index (χ4v) is 4.94. The van der Waals surface area contributed by atoms with Crippen LogP contribution < -0.4 is 0 Å². The zero-order chi connectivity index (χ0) is 18.5. The molecule has 1 N–H and O–H groups in total. The first-order valence-corrected chi connectivity index (χ1v) is 10.1. The van der Waals surface area contributed by atoms with Crippen LogP contribution in [-0.4, -0.2) is 9.97 Å². The van der Waals surface area contributed by atoms with E-state index in [1.165, 1.54) is 37.7 Å². The first-order chi connectivity index (χ1) is 13.9. The van der Waals surface area contributed by atoms with E-state index in [9.17, 15) is 0 Å². The van der Waals surface area contributed by atoms with Crippen molar-refractivity contribution in [2.24, 2.45) is 0 Å². The highest BCUT2D eigenvalue weighted by Crippen LogP contribution is 2.38. The Labute approximate surface area is 166 Å². The average Bonchev–Trinajstić information content (AvgIpc) is 3.36. The molecule has 0 atom stereocenters. The van der Waals surface area contributed by atoms with Gasteiger partial charge in [0.05, 0.1) is 15.7 Å². The summed E-state index contributed by atoms with van der Waals surface area (Å²) in [5, 5.41) is 3.57. The zero-order valence-electron chi connectivity index (χ0n) is 15.0. The maximum atomic E-state index is 4.87. The van der Waals surface area contributed by atoms with Crippen LogP contribution in [0.15, 0.2) is 91.0 Å². The normalized spacial score (nSPS) is 11.6. The molecule has 0 bridgehead atoms. The standard InChI is InChI=1S/C25H16N2S/c1-3-7-16(8-4-1)18-11-13-21-20(15-18)19-12-14-22-24(23(19)26-21)28-25(27-22)17-9-5-2-6-10-17/h1-15,26H. The number of aromatic amines is 1. The highest BCUT2D eigenvalue weighted by atomic mass is 32.1. The monoisotopic (exact) mass is 376 g/mol. The van der Waals surface area contributed by atoms with Crippen molar-refractivity contribution >= 4 is 43.4 Å². The summed E-state index contributed by atoms with van der Waals surface area (Å²) in [6, 6.07) is 31.9. The summed E-state index contributed by atoms with van der Waals surface area (Å²) in [5.41, 5.74) is 7.03.